The Bertz CT molecular complexity index is 1100. The molecule has 1 N–H and O–H groups in total. The van der Waals surface area contributed by atoms with Crippen LogP contribution in [-0.2, 0) is 11.3 Å². The predicted octanol–water partition coefficient (Wildman–Crippen LogP) is 5.24. The Morgan fingerprint density at radius 2 is 2.14 bits per heavy atom. The number of benzene rings is 1. The molecule has 4 aromatic rings. The maximum Gasteiger partial charge on any atom is 0.143 e. The Morgan fingerprint density at radius 1 is 1.25 bits per heavy atom. The van der Waals surface area contributed by atoms with Crippen LogP contribution in [-0.4, -0.2) is 32.5 Å². The third kappa shape index (κ3) is 3.55. The molecule has 0 aliphatic carbocycles. The molecule has 0 saturated carbocycles. The van der Waals surface area contributed by atoms with Crippen molar-refractivity contribution in [1.29, 1.82) is 0 Å². The summed E-state index contributed by atoms with van der Waals surface area (Å²) in [6.45, 7) is 1.64. The van der Waals surface area contributed by atoms with Crippen LogP contribution in [0.5, 0.6) is 0 Å². The SMILES string of the molecule is Brc1ccc(-c2csc3ncnc(Nc4cnn(C[C@@H]5CCCO5)c4)c23)cc1. The molecule has 6 nitrogen and oxygen atoms in total. The van der Waals surface area contributed by atoms with E-state index in [2.05, 4.69) is 53.8 Å². The van der Waals surface area contributed by atoms with Crippen molar-refractivity contribution in [1.82, 2.24) is 19.7 Å². The van der Waals surface area contributed by atoms with Crippen molar-refractivity contribution in [2.75, 3.05) is 11.9 Å². The molecule has 5 rings (SSSR count). The number of thiophene rings is 1. The number of hydrogen-bond acceptors (Lipinski definition) is 6. The van der Waals surface area contributed by atoms with Gasteiger partial charge < -0.3 is 10.1 Å². The number of fused-ring (bicyclic) bond motifs is 1. The lowest BCUT2D eigenvalue weighted by Gasteiger charge is -2.09. The van der Waals surface area contributed by atoms with Crippen LogP contribution in [0.1, 0.15) is 12.8 Å². The average molecular weight is 456 g/mol. The van der Waals surface area contributed by atoms with E-state index >= 15 is 0 Å². The predicted molar refractivity (Wildman–Crippen MR) is 115 cm³/mol. The van der Waals surface area contributed by atoms with Gasteiger partial charge in [0.1, 0.15) is 17.0 Å². The first-order chi connectivity index (χ1) is 13.8. The molecular weight excluding hydrogens is 438 g/mol. The van der Waals surface area contributed by atoms with E-state index in [4.69, 9.17) is 4.74 Å². The van der Waals surface area contributed by atoms with Gasteiger partial charge in [-0.2, -0.15) is 5.10 Å². The second kappa shape index (κ2) is 7.62. The van der Waals surface area contributed by atoms with Gasteiger partial charge in [-0.15, -0.1) is 11.3 Å². The quantitative estimate of drug-likeness (QED) is 0.445. The van der Waals surface area contributed by atoms with Crippen molar-refractivity contribution in [2.45, 2.75) is 25.5 Å². The third-order valence-electron chi connectivity index (χ3n) is 4.84. The highest BCUT2D eigenvalue weighted by molar-refractivity contribution is 9.10. The largest absolute Gasteiger partial charge is 0.376 e. The van der Waals surface area contributed by atoms with Gasteiger partial charge in [0.2, 0.25) is 0 Å². The fourth-order valence-corrected chi connectivity index (χ4v) is 4.65. The van der Waals surface area contributed by atoms with Crippen LogP contribution in [0.15, 0.2) is 52.8 Å². The highest BCUT2D eigenvalue weighted by Gasteiger charge is 2.17. The second-order valence-corrected chi connectivity index (χ2v) is 8.54. The number of halogens is 1. The molecule has 1 saturated heterocycles. The van der Waals surface area contributed by atoms with Crippen LogP contribution in [0.2, 0.25) is 0 Å². The van der Waals surface area contributed by atoms with Crippen LogP contribution >= 0.6 is 27.3 Å². The van der Waals surface area contributed by atoms with Crippen molar-refractivity contribution >= 4 is 49.0 Å². The number of rotatable bonds is 5. The summed E-state index contributed by atoms with van der Waals surface area (Å²) >= 11 is 5.12. The second-order valence-electron chi connectivity index (χ2n) is 6.77. The summed E-state index contributed by atoms with van der Waals surface area (Å²) in [5, 5.41) is 11.0. The number of anilines is 2. The zero-order chi connectivity index (χ0) is 18.9. The molecule has 3 aromatic heterocycles. The molecule has 8 heteroatoms. The van der Waals surface area contributed by atoms with Gasteiger partial charge in [-0.1, -0.05) is 28.1 Å². The number of nitrogens with one attached hydrogen (secondary N) is 1. The van der Waals surface area contributed by atoms with E-state index < -0.39 is 0 Å². The van der Waals surface area contributed by atoms with Crippen molar-refractivity contribution in [3.05, 3.63) is 52.8 Å². The molecule has 142 valence electrons. The Morgan fingerprint density at radius 3 is 2.96 bits per heavy atom. The van der Waals surface area contributed by atoms with E-state index in [1.165, 1.54) is 0 Å². The van der Waals surface area contributed by atoms with Crippen LogP contribution in [0.3, 0.4) is 0 Å². The van der Waals surface area contributed by atoms with Gasteiger partial charge >= 0.3 is 0 Å². The molecule has 1 aromatic carbocycles. The minimum atomic E-state index is 0.263. The van der Waals surface area contributed by atoms with Crippen LogP contribution in [0.25, 0.3) is 21.3 Å². The van der Waals surface area contributed by atoms with E-state index in [0.29, 0.717) is 0 Å². The topological polar surface area (TPSA) is 64.9 Å². The summed E-state index contributed by atoms with van der Waals surface area (Å²) in [6, 6.07) is 8.29. The van der Waals surface area contributed by atoms with E-state index in [9.17, 15) is 0 Å². The van der Waals surface area contributed by atoms with Gasteiger partial charge in [-0.3, -0.25) is 4.68 Å². The highest BCUT2D eigenvalue weighted by atomic mass is 79.9. The molecule has 0 bridgehead atoms. The first-order valence-electron chi connectivity index (χ1n) is 9.15. The Labute approximate surface area is 174 Å². The summed E-state index contributed by atoms with van der Waals surface area (Å²) in [5.41, 5.74) is 3.18. The van der Waals surface area contributed by atoms with Crippen molar-refractivity contribution in [3.8, 4) is 11.1 Å². The molecule has 0 radical (unpaired) electrons. The molecule has 0 unspecified atom stereocenters. The molecule has 4 heterocycles. The van der Waals surface area contributed by atoms with Gasteiger partial charge in [0.15, 0.2) is 0 Å². The molecule has 0 spiro atoms. The first-order valence-corrected chi connectivity index (χ1v) is 10.8. The summed E-state index contributed by atoms with van der Waals surface area (Å²) in [6.07, 6.45) is 7.92. The number of hydrogen-bond donors (Lipinski definition) is 1. The Kier molecular flexibility index (Phi) is 4.84. The van der Waals surface area contributed by atoms with Crippen LogP contribution in [0, 0.1) is 0 Å². The summed E-state index contributed by atoms with van der Waals surface area (Å²) in [5.74, 6) is 0.792. The number of aromatic nitrogens is 4. The highest BCUT2D eigenvalue weighted by Crippen LogP contribution is 2.37. The maximum atomic E-state index is 5.70. The fourth-order valence-electron chi connectivity index (χ4n) is 3.47. The zero-order valence-electron chi connectivity index (χ0n) is 15.0. The van der Waals surface area contributed by atoms with Crippen molar-refractivity contribution in [2.24, 2.45) is 0 Å². The molecule has 1 aliphatic heterocycles. The van der Waals surface area contributed by atoms with Gasteiger partial charge in [-0.25, -0.2) is 9.97 Å². The molecular formula is C20H18BrN5OS. The summed E-state index contributed by atoms with van der Waals surface area (Å²) in [7, 11) is 0. The fraction of sp³-hybridized carbons (Fsp3) is 0.250. The molecule has 1 atom stereocenters. The molecule has 28 heavy (non-hydrogen) atoms. The van der Waals surface area contributed by atoms with Gasteiger partial charge in [0, 0.05) is 28.2 Å². The average Bonchev–Trinajstić information content (AvgIpc) is 3.45. The van der Waals surface area contributed by atoms with E-state index in [-0.39, 0.29) is 6.10 Å². The number of nitrogens with zero attached hydrogens (tertiary/aromatic N) is 4. The monoisotopic (exact) mass is 455 g/mol. The van der Waals surface area contributed by atoms with E-state index in [1.54, 1.807) is 17.7 Å². The van der Waals surface area contributed by atoms with Gasteiger partial charge in [0.05, 0.1) is 29.9 Å². The third-order valence-corrected chi connectivity index (χ3v) is 6.25. The normalized spacial score (nSPS) is 16.7. The van der Waals surface area contributed by atoms with Crippen molar-refractivity contribution < 1.29 is 4.74 Å². The smallest absolute Gasteiger partial charge is 0.143 e. The zero-order valence-corrected chi connectivity index (χ0v) is 17.4. The standard InChI is InChI=1S/C20H18BrN5OS/c21-14-5-3-13(4-6-14)17-11-28-20-18(17)19(22-12-23-20)25-15-8-24-26(9-15)10-16-2-1-7-27-16/h3-6,8-9,11-12,16H,1-2,7,10H2,(H,22,23,25)/t16-/m0/s1. The van der Waals surface area contributed by atoms with Gasteiger partial charge in [-0.05, 0) is 30.5 Å². The lowest BCUT2D eigenvalue weighted by molar-refractivity contribution is 0.0940. The summed E-state index contributed by atoms with van der Waals surface area (Å²) < 4.78 is 8.69. The molecule has 0 amide bonds. The molecule has 1 aliphatic rings. The van der Waals surface area contributed by atoms with Crippen LogP contribution < -0.4 is 5.32 Å². The molecule has 1 fully saturated rings. The van der Waals surface area contributed by atoms with E-state index in [0.717, 1.165) is 63.3 Å². The Hall–Kier alpha value is -2.29. The van der Waals surface area contributed by atoms with Gasteiger partial charge in [0.25, 0.3) is 0 Å². The lowest BCUT2D eigenvalue weighted by Crippen LogP contribution is -2.15. The minimum Gasteiger partial charge on any atom is -0.376 e. The maximum absolute atomic E-state index is 5.70. The number of ether oxygens (including phenoxy) is 1. The lowest BCUT2D eigenvalue weighted by atomic mass is 10.1. The first kappa shape index (κ1) is 17.8. The summed E-state index contributed by atoms with van der Waals surface area (Å²) in [4.78, 5) is 9.91. The minimum absolute atomic E-state index is 0.263. The Balaban J connectivity index is 1.45. The van der Waals surface area contributed by atoms with E-state index in [1.807, 2.05) is 29.2 Å². The van der Waals surface area contributed by atoms with Crippen molar-refractivity contribution in [3.63, 3.8) is 0 Å². The van der Waals surface area contributed by atoms with Crippen LogP contribution in [0.4, 0.5) is 11.5 Å².